The molecule has 76 heavy (non-hydrogen) atoms. The number of epoxide rings is 1. The lowest BCUT2D eigenvalue weighted by Gasteiger charge is -2.42. The third-order valence-electron chi connectivity index (χ3n) is 13.5. The van der Waals surface area contributed by atoms with Crippen LogP contribution in [0.15, 0.2) is 54.2 Å². The van der Waals surface area contributed by atoms with Gasteiger partial charge >= 0.3 is 24.1 Å². The van der Waals surface area contributed by atoms with Crippen LogP contribution in [0.1, 0.15) is 84.6 Å². The Hall–Kier alpha value is -6.76. The molecule has 9 unspecified atom stereocenters. The van der Waals surface area contributed by atoms with Crippen molar-refractivity contribution < 1.29 is 71.9 Å². The Balaban J connectivity index is 1.31. The van der Waals surface area contributed by atoms with Gasteiger partial charge in [0.1, 0.15) is 41.7 Å². The van der Waals surface area contributed by atoms with Gasteiger partial charge in [-0.25, -0.2) is 19.2 Å². The molecule has 0 aliphatic carbocycles. The van der Waals surface area contributed by atoms with Gasteiger partial charge < -0.3 is 66.0 Å². The van der Waals surface area contributed by atoms with Gasteiger partial charge in [0.15, 0.2) is 5.72 Å². The zero-order chi connectivity index (χ0) is 56.3. The van der Waals surface area contributed by atoms with Crippen molar-refractivity contribution in [1.29, 1.82) is 0 Å². The van der Waals surface area contributed by atoms with Gasteiger partial charge in [0.25, 0.3) is 11.8 Å². The summed E-state index contributed by atoms with van der Waals surface area (Å²) in [6.07, 6.45) is 5.86. The Morgan fingerprint density at radius 2 is 1.68 bits per heavy atom. The Bertz CT molecular complexity index is 2350. The number of methoxy groups -OCH3 is 2. The number of halogens is 1. The van der Waals surface area contributed by atoms with E-state index in [0.717, 1.165) is 20.9 Å². The number of nitrogens with two attached hydrogens (primary N) is 1. The molecule has 0 bridgehead atoms. The van der Waals surface area contributed by atoms with E-state index in [9.17, 15) is 48.3 Å². The number of aliphatic hydroxyl groups is 1. The number of amides is 10. The van der Waals surface area contributed by atoms with E-state index in [4.69, 9.17) is 41.0 Å². The normalized spacial score (nSPS) is 22.1. The van der Waals surface area contributed by atoms with E-state index < -0.39 is 102 Å². The van der Waals surface area contributed by atoms with Crippen LogP contribution in [0.25, 0.3) is 0 Å². The molecule has 9 atom stereocenters. The van der Waals surface area contributed by atoms with Crippen LogP contribution in [0.3, 0.4) is 0 Å². The first-order valence-corrected chi connectivity index (χ1v) is 25.5. The summed E-state index contributed by atoms with van der Waals surface area (Å²) in [5.74, 6) is -3.39. The highest BCUT2D eigenvalue weighted by Crippen LogP contribution is 2.49. The Labute approximate surface area is 447 Å². The number of urea groups is 2. The van der Waals surface area contributed by atoms with Crippen molar-refractivity contribution in [2.75, 3.05) is 54.5 Å². The first-order chi connectivity index (χ1) is 36.0. The van der Waals surface area contributed by atoms with Crippen LogP contribution in [-0.4, -0.2) is 171 Å². The van der Waals surface area contributed by atoms with Crippen molar-refractivity contribution in [3.8, 4) is 5.75 Å². The van der Waals surface area contributed by atoms with E-state index in [1.165, 1.54) is 47.4 Å². The third-order valence-corrected chi connectivity index (χ3v) is 13.8. The molecule has 24 nitrogen and oxygen atoms in total. The quantitative estimate of drug-likeness (QED) is 0.0180. The highest BCUT2D eigenvalue weighted by Gasteiger charge is 2.64. The number of alkyl carbamates (subject to hydrolysis) is 1. The highest BCUT2D eigenvalue weighted by atomic mass is 35.5. The molecule has 3 heterocycles. The lowest BCUT2D eigenvalue weighted by Crippen LogP contribution is -2.63. The SMILES string of the molecule is CNC(=O)CC(OC(=O)C(C)N(C)C(=O)NCC(=O)NC(CCCNC(N)=O)C(=O)NCCCCCCN1C(=O)C=CC1=O)C1(C)OC1C(C)C1CC(O)(C(/C=C/C=C(\C)Cc2ccc(Cl)c(OC)c2)OC)NC(=O)O1. The minimum Gasteiger partial charge on any atom is -0.495 e. The number of likely N-dealkylation sites (N-methyl/N-ethyl adjacent to an activating group) is 1. The molecule has 3 aliphatic rings. The number of nitrogens with zero attached hydrogens (tertiary/aromatic N) is 2. The molecule has 420 valence electrons. The molecule has 1 aromatic rings. The Morgan fingerprint density at radius 3 is 2.34 bits per heavy atom. The lowest BCUT2D eigenvalue weighted by atomic mass is 9.83. The van der Waals surface area contributed by atoms with Crippen LogP contribution >= 0.6 is 11.6 Å². The molecule has 1 aromatic carbocycles. The summed E-state index contributed by atoms with van der Waals surface area (Å²) < 4.78 is 28.7. The van der Waals surface area contributed by atoms with Crippen LogP contribution in [0.4, 0.5) is 14.4 Å². The Kier molecular flexibility index (Phi) is 23.5. The number of hydrogen-bond donors (Lipinski definition) is 8. The van der Waals surface area contributed by atoms with E-state index in [0.29, 0.717) is 49.4 Å². The van der Waals surface area contributed by atoms with Crippen LogP contribution in [0, 0.1) is 5.92 Å². The average molecular weight is 1090 g/mol. The van der Waals surface area contributed by atoms with Crippen molar-refractivity contribution >= 4 is 65.3 Å². The number of cyclic esters (lactones) is 1. The summed E-state index contributed by atoms with van der Waals surface area (Å²) in [6.45, 7) is 6.78. The van der Waals surface area contributed by atoms with E-state index in [1.54, 1.807) is 32.1 Å². The van der Waals surface area contributed by atoms with E-state index in [2.05, 4.69) is 31.9 Å². The first-order valence-electron chi connectivity index (χ1n) is 25.1. The fraction of sp³-hybridized carbons (Fsp3) is 0.588. The maximum Gasteiger partial charge on any atom is 0.409 e. The van der Waals surface area contributed by atoms with E-state index in [-0.39, 0.29) is 50.6 Å². The Morgan fingerprint density at radius 1 is 1.00 bits per heavy atom. The van der Waals surface area contributed by atoms with Gasteiger partial charge in [-0.3, -0.25) is 34.2 Å². The number of rotatable bonds is 30. The van der Waals surface area contributed by atoms with Crippen LogP contribution in [0.5, 0.6) is 5.75 Å². The summed E-state index contributed by atoms with van der Waals surface area (Å²) in [7, 11) is 5.63. The summed E-state index contributed by atoms with van der Waals surface area (Å²) in [6, 6.07) is 1.58. The molecule has 0 radical (unpaired) electrons. The number of unbranched alkanes of at least 4 members (excludes halogenated alkanes) is 3. The predicted octanol–water partition coefficient (Wildman–Crippen LogP) is 2.00. The highest BCUT2D eigenvalue weighted by molar-refractivity contribution is 6.32. The zero-order valence-electron chi connectivity index (χ0n) is 44.4. The lowest BCUT2D eigenvalue weighted by molar-refractivity contribution is -0.158. The number of benzene rings is 1. The molecule has 0 spiro atoms. The second-order valence-electron chi connectivity index (χ2n) is 19.1. The van der Waals surface area contributed by atoms with Gasteiger partial charge in [-0.1, -0.05) is 61.2 Å². The van der Waals surface area contributed by atoms with Crippen LogP contribution in [-0.2, 0) is 54.1 Å². The van der Waals surface area contributed by atoms with Gasteiger partial charge in [0.05, 0.1) is 31.2 Å². The van der Waals surface area contributed by atoms with Gasteiger partial charge in [0, 0.05) is 65.3 Å². The van der Waals surface area contributed by atoms with Crippen molar-refractivity contribution in [3.05, 3.63) is 64.7 Å². The van der Waals surface area contributed by atoms with Crippen molar-refractivity contribution in [2.24, 2.45) is 11.7 Å². The number of carbonyl (C=O) groups is 9. The summed E-state index contributed by atoms with van der Waals surface area (Å²) in [5.41, 5.74) is 3.88. The smallest absolute Gasteiger partial charge is 0.409 e. The molecule has 25 heteroatoms. The minimum absolute atomic E-state index is 0.111. The van der Waals surface area contributed by atoms with Gasteiger partial charge in [-0.2, -0.15) is 0 Å². The van der Waals surface area contributed by atoms with E-state index in [1.807, 2.05) is 25.1 Å². The van der Waals surface area contributed by atoms with Gasteiger partial charge in [0.2, 0.25) is 17.7 Å². The third kappa shape index (κ3) is 17.9. The predicted molar refractivity (Wildman–Crippen MR) is 276 cm³/mol. The zero-order valence-corrected chi connectivity index (χ0v) is 45.1. The molecule has 2 fully saturated rings. The molecular formula is C51H74ClN9O15. The molecule has 3 aliphatic heterocycles. The number of carbonyl (C=O) groups excluding carboxylic acids is 9. The van der Waals surface area contributed by atoms with Crippen LogP contribution in [0.2, 0.25) is 5.02 Å². The van der Waals surface area contributed by atoms with Gasteiger partial charge in [-0.05, 0) is 70.6 Å². The van der Waals surface area contributed by atoms with Crippen molar-refractivity contribution in [2.45, 2.75) is 133 Å². The number of imide groups is 1. The van der Waals surface area contributed by atoms with Crippen LogP contribution < -0.4 is 42.4 Å². The maximum absolute atomic E-state index is 13.7. The number of esters is 1. The topological polar surface area (TPSA) is 328 Å². The number of hydrogen-bond acceptors (Lipinski definition) is 15. The van der Waals surface area contributed by atoms with Crippen molar-refractivity contribution in [1.82, 2.24) is 41.7 Å². The largest absolute Gasteiger partial charge is 0.495 e. The standard InChI is InChI=1S/C51H74ClN9O15/c1-30(25-33-18-19-34(52)36(26-33)72-7)15-13-17-38(73-8)51(71)28-37(74-49(70)59-51)31(2)44-50(4,76-44)39(27-40(62)54-5)75-46(67)32(3)60(6)48(69)57-29-41(63)58-35(16-14-23-56-47(53)68)45(66)55-22-11-9-10-12-24-61-42(64)20-21-43(61)65/h13,15,17-21,26,31-32,35,37-39,44,71H,9-12,14,16,22-25,27-29H2,1-8H3,(H,54,62)(H,55,66)(H,57,69)(H,58,63)(H,59,70)(H3,53,56,68)/b17-13+,30-15+. The average Bonchev–Trinajstić information content (AvgIpc) is 3.98. The second-order valence-corrected chi connectivity index (χ2v) is 19.6. The second kappa shape index (κ2) is 28.9. The molecule has 2 saturated heterocycles. The van der Waals surface area contributed by atoms with Gasteiger partial charge in [-0.15, -0.1) is 0 Å². The molecule has 9 N–H and O–H groups in total. The summed E-state index contributed by atoms with van der Waals surface area (Å²) in [5, 5.41) is 27.5. The van der Waals surface area contributed by atoms with Crippen molar-refractivity contribution in [3.63, 3.8) is 0 Å². The molecule has 10 amide bonds. The van der Waals surface area contributed by atoms with E-state index >= 15 is 0 Å². The monoisotopic (exact) mass is 1090 g/mol. The first kappa shape index (κ1) is 61.8. The number of nitrogens with one attached hydrogen (secondary N) is 6. The maximum atomic E-state index is 13.7. The number of allylic oxidation sites excluding steroid dienone is 3. The molecule has 4 rings (SSSR count). The fourth-order valence-electron chi connectivity index (χ4n) is 8.75. The summed E-state index contributed by atoms with van der Waals surface area (Å²) in [4.78, 5) is 116. The fourth-order valence-corrected chi connectivity index (χ4v) is 8.94. The molecular weight excluding hydrogens is 1010 g/mol. The number of primary amides is 1. The minimum atomic E-state index is -1.92. The molecule has 0 saturated carbocycles. The molecule has 0 aromatic heterocycles. The summed E-state index contributed by atoms with van der Waals surface area (Å²) >= 11 is 6.17. The number of ether oxygens (including phenoxy) is 5.